The molecule has 1 rings (SSSR count). The number of benzene rings is 1. The predicted octanol–water partition coefficient (Wildman–Crippen LogP) is 5.18. The molecule has 0 amide bonds. The van der Waals surface area contributed by atoms with Crippen molar-refractivity contribution in [1.29, 1.82) is 0 Å². The Labute approximate surface area is 204 Å². The molecule has 0 saturated carbocycles. The molecule has 0 aliphatic carbocycles. The quantitative estimate of drug-likeness (QED) is 0.148. The van der Waals surface area contributed by atoms with Crippen LogP contribution in [0.3, 0.4) is 0 Å². The Morgan fingerprint density at radius 1 is 0.848 bits per heavy atom. The molecule has 0 bridgehead atoms. The van der Waals surface area contributed by atoms with Gasteiger partial charge in [0.25, 0.3) is 0 Å². The fraction of sp³-hybridized carbons (Fsp3) is 0.680. The molecular formula is C25H42ClNO6. The van der Waals surface area contributed by atoms with Gasteiger partial charge in [-0.1, -0.05) is 83.6 Å². The minimum absolute atomic E-state index is 0. The maximum atomic E-state index is 11.9. The molecule has 0 aromatic heterocycles. The van der Waals surface area contributed by atoms with E-state index in [0.717, 1.165) is 19.3 Å². The number of hydrogen-bond acceptors (Lipinski definition) is 7. The first kappa shape index (κ1) is 31.0. The summed E-state index contributed by atoms with van der Waals surface area (Å²) in [5.74, 6) is -1.85. The van der Waals surface area contributed by atoms with Crippen molar-refractivity contribution in [3.8, 4) is 11.5 Å². The van der Waals surface area contributed by atoms with E-state index in [1.54, 1.807) is 6.07 Å². The predicted molar refractivity (Wildman–Crippen MR) is 132 cm³/mol. The molecule has 0 fully saturated rings. The largest absolute Gasteiger partial charge is 0.504 e. The number of carbonyl (C=O) groups excluding carboxylic acids is 2. The van der Waals surface area contributed by atoms with E-state index >= 15 is 0 Å². The van der Waals surface area contributed by atoms with Crippen LogP contribution < -0.4 is 5.73 Å². The van der Waals surface area contributed by atoms with E-state index < -0.39 is 24.6 Å². The molecule has 4 N–H and O–H groups in total. The lowest BCUT2D eigenvalue weighted by atomic mass is 10.1. The molecule has 0 saturated heterocycles. The summed E-state index contributed by atoms with van der Waals surface area (Å²) in [7, 11) is 0. The zero-order chi connectivity index (χ0) is 23.6. The summed E-state index contributed by atoms with van der Waals surface area (Å²) in [5, 5.41) is 18.8. The number of hydrogen-bond donors (Lipinski definition) is 3. The van der Waals surface area contributed by atoms with Crippen molar-refractivity contribution < 1.29 is 29.3 Å². The molecule has 33 heavy (non-hydrogen) atoms. The van der Waals surface area contributed by atoms with E-state index in [1.165, 1.54) is 69.9 Å². The second-order valence-electron chi connectivity index (χ2n) is 8.35. The van der Waals surface area contributed by atoms with E-state index in [4.69, 9.17) is 15.2 Å². The summed E-state index contributed by atoms with van der Waals surface area (Å²) in [6, 6.07) is 3.20. The average Bonchev–Trinajstić information content (AvgIpc) is 2.77. The molecule has 0 heterocycles. The van der Waals surface area contributed by atoms with Crippen LogP contribution in [0.25, 0.3) is 0 Å². The molecule has 0 spiro atoms. The van der Waals surface area contributed by atoms with Crippen LogP contribution in [0.4, 0.5) is 0 Å². The number of esters is 2. The van der Waals surface area contributed by atoms with Gasteiger partial charge in [0.2, 0.25) is 0 Å². The second kappa shape index (κ2) is 19.5. The molecule has 7 nitrogen and oxygen atoms in total. The summed E-state index contributed by atoms with van der Waals surface area (Å²) in [4.78, 5) is 23.6. The van der Waals surface area contributed by atoms with Crippen LogP contribution in [-0.2, 0) is 25.5 Å². The molecule has 0 aliphatic rings. The van der Waals surface area contributed by atoms with E-state index in [-0.39, 0.29) is 30.3 Å². The van der Waals surface area contributed by atoms with Crippen LogP contribution in [0.5, 0.6) is 11.5 Å². The molecule has 1 unspecified atom stereocenters. The normalized spacial score (nSPS) is 11.5. The number of rotatable bonds is 18. The Kier molecular flexibility index (Phi) is 18.3. The number of unbranched alkanes of at least 4 members (excludes halogenated alkanes) is 11. The van der Waals surface area contributed by atoms with Crippen molar-refractivity contribution in [1.82, 2.24) is 0 Å². The molecular weight excluding hydrogens is 446 g/mol. The lowest BCUT2D eigenvalue weighted by Crippen LogP contribution is -2.35. The SMILES string of the molecule is CCCCCCCCCCCCCCOC(=O)COC(=O)C(N)Cc1ccc(O)c(O)c1.Cl. The molecule has 190 valence electrons. The minimum atomic E-state index is -0.983. The van der Waals surface area contributed by atoms with Gasteiger partial charge >= 0.3 is 11.9 Å². The summed E-state index contributed by atoms with van der Waals surface area (Å²) < 4.78 is 10.00. The van der Waals surface area contributed by atoms with E-state index in [0.29, 0.717) is 12.2 Å². The van der Waals surface area contributed by atoms with Crippen LogP contribution in [0.2, 0.25) is 0 Å². The third-order valence-corrected chi connectivity index (χ3v) is 5.39. The number of nitrogens with two attached hydrogens (primary N) is 1. The third-order valence-electron chi connectivity index (χ3n) is 5.39. The van der Waals surface area contributed by atoms with Gasteiger partial charge in [-0.2, -0.15) is 0 Å². The highest BCUT2D eigenvalue weighted by Gasteiger charge is 2.18. The van der Waals surface area contributed by atoms with Gasteiger partial charge in [0.05, 0.1) is 6.61 Å². The van der Waals surface area contributed by atoms with Gasteiger partial charge in [-0.25, -0.2) is 4.79 Å². The van der Waals surface area contributed by atoms with Crippen molar-refractivity contribution >= 4 is 24.3 Å². The Hall–Kier alpha value is -1.99. The lowest BCUT2D eigenvalue weighted by molar-refractivity contribution is -0.159. The van der Waals surface area contributed by atoms with Crippen molar-refractivity contribution in [2.75, 3.05) is 13.2 Å². The van der Waals surface area contributed by atoms with Gasteiger partial charge in [0.15, 0.2) is 18.1 Å². The number of halogens is 1. The lowest BCUT2D eigenvalue weighted by Gasteiger charge is -2.12. The van der Waals surface area contributed by atoms with Gasteiger partial charge in [-0.15, -0.1) is 12.4 Å². The minimum Gasteiger partial charge on any atom is -0.504 e. The average molecular weight is 488 g/mol. The smallest absolute Gasteiger partial charge is 0.344 e. The van der Waals surface area contributed by atoms with Crippen molar-refractivity contribution in [2.24, 2.45) is 5.73 Å². The van der Waals surface area contributed by atoms with Crippen molar-refractivity contribution in [3.05, 3.63) is 23.8 Å². The van der Waals surface area contributed by atoms with Gasteiger partial charge < -0.3 is 25.4 Å². The first-order valence-electron chi connectivity index (χ1n) is 12.0. The molecule has 0 radical (unpaired) electrons. The third kappa shape index (κ3) is 15.5. The number of carbonyl (C=O) groups is 2. The monoisotopic (exact) mass is 487 g/mol. The van der Waals surface area contributed by atoms with Crippen molar-refractivity contribution in [3.63, 3.8) is 0 Å². The number of phenolic OH excluding ortho intramolecular Hbond substituents is 2. The standard InChI is InChI=1S/C25H41NO6.ClH/c1-2-3-4-5-6-7-8-9-10-11-12-13-16-31-24(29)19-32-25(30)21(26)17-20-14-15-22(27)23(28)18-20;/h14-15,18,21,27-28H,2-13,16-17,19,26H2,1H3;1H. The summed E-state index contributed by atoms with van der Waals surface area (Å²) in [6.45, 7) is 2.10. The fourth-order valence-corrected chi connectivity index (χ4v) is 3.44. The van der Waals surface area contributed by atoms with E-state index in [9.17, 15) is 19.8 Å². The Balaban J connectivity index is 0.0000102. The Bertz CT molecular complexity index is 670. The molecule has 8 heteroatoms. The van der Waals surface area contributed by atoms with Gasteiger partial charge in [-0.3, -0.25) is 4.79 Å². The van der Waals surface area contributed by atoms with Crippen LogP contribution in [0.15, 0.2) is 18.2 Å². The maximum Gasteiger partial charge on any atom is 0.344 e. The number of phenols is 2. The molecule has 1 aromatic rings. The Morgan fingerprint density at radius 3 is 1.94 bits per heavy atom. The van der Waals surface area contributed by atoms with Crippen LogP contribution >= 0.6 is 12.4 Å². The van der Waals surface area contributed by atoms with Gasteiger partial charge in [0, 0.05) is 0 Å². The number of aromatic hydroxyl groups is 2. The van der Waals surface area contributed by atoms with Crippen LogP contribution in [0.1, 0.15) is 89.5 Å². The molecule has 1 atom stereocenters. The molecule has 0 aliphatic heterocycles. The summed E-state index contributed by atoms with van der Waals surface area (Å²) >= 11 is 0. The highest BCUT2D eigenvalue weighted by Crippen LogP contribution is 2.25. The number of ether oxygens (including phenoxy) is 2. The summed E-state index contributed by atoms with van der Waals surface area (Å²) in [5.41, 5.74) is 6.35. The highest BCUT2D eigenvalue weighted by molar-refractivity contribution is 5.85. The Morgan fingerprint density at radius 2 is 1.39 bits per heavy atom. The first-order valence-corrected chi connectivity index (χ1v) is 12.0. The molecule has 1 aromatic carbocycles. The van der Waals surface area contributed by atoms with E-state index in [1.807, 2.05) is 0 Å². The maximum absolute atomic E-state index is 11.9. The first-order chi connectivity index (χ1) is 15.4. The van der Waals surface area contributed by atoms with Crippen LogP contribution in [0, 0.1) is 0 Å². The van der Waals surface area contributed by atoms with Crippen LogP contribution in [-0.4, -0.2) is 41.4 Å². The second-order valence-corrected chi connectivity index (χ2v) is 8.35. The zero-order valence-corrected chi connectivity index (χ0v) is 20.7. The van der Waals surface area contributed by atoms with Crippen molar-refractivity contribution in [2.45, 2.75) is 96.4 Å². The van der Waals surface area contributed by atoms with E-state index in [2.05, 4.69) is 6.92 Å². The van der Waals surface area contributed by atoms with Gasteiger partial charge in [-0.05, 0) is 30.5 Å². The highest BCUT2D eigenvalue weighted by atomic mass is 35.5. The zero-order valence-electron chi connectivity index (χ0n) is 19.9. The van der Waals surface area contributed by atoms with Gasteiger partial charge in [0.1, 0.15) is 6.04 Å². The fourth-order valence-electron chi connectivity index (χ4n) is 3.44. The topological polar surface area (TPSA) is 119 Å². The summed E-state index contributed by atoms with van der Waals surface area (Å²) in [6.07, 6.45) is 15.0.